The zero-order chi connectivity index (χ0) is 13.8. The molecule has 2 nitrogen and oxygen atoms in total. The SMILES string of the molecule is CNc1ccc(Cl)c(Cl)c1OCc1ccc(Cl)cc1. The van der Waals surface area contributed by atoms with Gasteiger partial charge in [-0.2, -0.15) is 0 Å². The molecule has 0 amide bonds. The summed E-state index contributed by atoms with van der Waals surface area (Å²) in [5.74, 6) is 0.548. The Morgan fingerprint density at radius 3 is 2.32 bits per heavy atom. The van der Waals surface area contributed by atoms with E-state index in [0.29, 0.717) is 27.4 Å². The molecule has 2 aromatic rings. The maximum atomic E-state index is 6.15. The fraction of sp³-hybridized carbons (Fsp3) is 0.143. The molecule has 5 heteroatoms. The summed E-state index contributed by atoms with van der Waals surface area (Å²) >= 11 is 18.0. The van der Waals surface area contributed by atoms with E-state index in [1.165, 1.54) is 0 Å². The van der Waals surface area contributed by atoms with Crippen molar-refractivity contribution in [3.63, 3.8) is 0 Å². The molecule has 0 aromatic heterocycles. The summed E-state index contributed by atoms with van der Waals surface area (Å²) in [5.41, 5.74) is 1.80. The van der Waals surface area contributed by atoms with Crippen molar-refractivity contribution in [2.75, 3.05) is 12.4 Å². The van der Waals surface area contributed by atoms with E-state index >= 15 is 0 Å². The first-order valence-electron chi connectivity index (χ1n) is 5.65. The molecule has 0 saturated carbocycles. The van der Waals surface area contributed by atoms with Gasteiger partial charge in [0.15, 0.2) is 5.75 Å². The van der Waals surface area contributed by atoms with Crippen LogP contribution in [0.25, 0.3) is 0 Å². The summed E-state index contributed by atoms with van der Waals surface area (Å²) in [4.78, 5) is 0. The Bertz CT molecular complexity index is 570. The molecule has 2 aromatic carbocycles. The van der Waals surface area contributed by atoms with Crippen molar-refractivity contribution < 1.29 is 4.74 Å². The number of nitrogens with one attached hydrogen (secondary N) is 1. The zero-order valence-corrected chi connectivity index (χ0v) is 12.5. The molecule has 0 heterocycles. The van der Waals surface area contributed by atoms with E-state index in [0.717, 1.165) is 11.3 Å². The number of anilines is 1. The Hall–Kier alpha value is -1.09. The number of rotatable bonds is 4. The fourth-order valence-electron chi connectivity index (χ4n) is 1.61. The van der Waals surface area contributed by atoms with Gasteiger partial charge in [0.1, 0.15) is 11.6 Å². The van der Waals surface area contributed by atoms with Crippen molar-refractivity contribution >= 4 is 40.5 Å². The predicted molar refractivity (Wildman–Crippen MR) is 81.8 cm³/mol. The molecule has 0 radical (unpaired) electrons. The third kappa shape index (κ3) is 3.47. The van der Waals surface area contributed by atoms with E-state index in [9.17, 15) is 0 Å². The largest absolute Gasteiger partial charge is 0.485 e. The average molecular weight is 317 g/mol. The summed E-state index contributed by atoms with van der Waals surface area (Å²) < 4.78 is 5.74. The van der Waals surface area contributed by atoms with E-state index in [1.54, 1.807) is 13.1 Å². The van der Waals surface area contributed by atoms with Gasteiger partial charge in [-0.3, -0.25) is 0 Å². The topological polar surface area (TPSA) is 21.3 Å². The lowest BCUT2D eigenvalue weighted by atomic mass is 10.2. The standard InChI is InChI=1S/C14H12Cl3NO/c1-18-12-7-6-11(16)13(17)14(12)19-8-9-2-4-10(15)5-3-9/h2-7,18H,8H2,1H3. The monoisotopic (exact) mass is 315 g/mol. The Morgan fingerprint density at radius 1 is 1.00 bits per heavy atom. The van der Waals surface area contributed by atoms with Crippen molar-refractivity contribution in [2.45, 2.75) is 6.61 Å². The van der Waals surface area contributed by atoms with Crippen LogP contribution in [-0.4, -0.2) is 7.05 Å². The van der Waals surface area contributed by atoms with Gasteiger partial charge < -0.3 is 10.1 Å². The van der Waals surface area contributed by atoms with Crippen LogP contribution in [0, 0.1) is 0 Å². The molecular formula is C14H12Cl3NO. The van der Waals surface area contributed by atoms with Gasteiger partial charge in [-0.15, -0.1) is 0 Å². The second-order valence-electron chi connectivity index (χ2n) is 3.90. The predicted octanol–water partition coefficient (Wildman–Crippen LogP) is 5.27. The summed E-state index contributed by atoms with van der Waals surface area (Å²) in [5, 5.41) is 4.58. The first-order chi connectivity index (χ1) is 9.11. The second kappa shape index (κ2) is 6.38. The molecule has 19 heavy (non-hydrogen) atoms. The molecule has 100 valence electrons. The Kier molecular flexibility index (Phi) is 4.81. The third-order valence-corrected chi connectivity index (χ3v) is 3.65. The second-order valence-corrected chi connectivity index (χ2v) is 5.12. The van der Waals surface area contributed by atoms with Gasteiger partial charge in [0, 0.05) is 12.1 Å². The molecule has 0 atom stereocenters. The summed E-state index contributed by atoms with van der Waals surface area (Å²) in [7, 11) is 1.80. The molecule has 0 fully saturated rings. The lowest BCUT2D eigenvalue weighted by Crippen LogP contribution is -2.00. The third-order valence-electron chi connectivity index (χ3n) is 2.62. The normalized spacial score (nSPS) is 10.3. The van der Waals surface area contributed by atoms with Crippen LogP contribution < -0.4 is 10.1 Å². The number of halogens is 3. The van der Waals surface area contributed by atoms with Crippen molar-refractivity contribution in [2.24, 2.45) is 0 Å². The maximum Gasteiger partial charge on any atom is 0.162 e. The van der Waals surface area contributed by atoms with Crippen molar-refractivity contribution in [1.82, 2.24) is 0 Å². The molecule has 2 rings (SSSR count). The van der Waals surface area contributed by atoms with Crippen LogP contribution in [-0.2, 0) is 6.61 Å². The first kappa shape index (κ1) is 14.3. The van der Waals surface area contributed by atoms with E-state index in [2.05, 4.69) is 5.32 Å². The summed E-state index contributed by atoms with van der Waals surface area (Å²) in [6, 6.07) is 11.0. The van der Waals surface area contributed by atoms with Crippen LogP contribution in [0.1, 0.15) is 5.56 Å². The molecule has 0 aliphatic heterocycles. The van der Waals surface area contributed by atoms with Crippen LogP contribution in [0.5, 0.6) is 5.75 Å². The Balaban J connectivity index is 2.19. The molecule has 0 aliphatic rings. The van der Waals surface area contributed by atoms with E-state index in [-0.39, 0.29) is 0 Å². The molecular weight excluding hydrogens is 305 g/mol. The molecule has 0 spiro atoms. The van der Waals surface area contributed by atoms with E-state index in [4.69, 9.17) is 39.5 Å². The minimum Gasteiger partial charge on any atom is -0.485 e. The highest BCUT2D eigenvalue weighted by Crippen LogP contribution is 2.38. The lowest BCUT2D eigenvalue weighted by molar-refractivity contribution is 0.308. The molecule has 0 aliphatic carbocycles. The van der Waals surface area contributed by atoms with E-state index < -0.39 is 0 Å². The number of ether oxygens (including phenoxy) is 1. The highest BCUT2D eigenvalue weighted by atomic mass is 35.5. The number of hydrogen-bond donors (Lipinski definition) is 1. The first-order valence-corrected chi connectivity index (χ1v) is 6.78. The summed E-state index contributed by atoms with van der Waals surface area (Å²) in [6.07, 6.45) is 0. The maximum absolute atomic E-state index is 6.15. The van der Waals surface area contributed by atoms with Crippen molar-refractivity contribution in [3.05, 3.63) is 57.0 Å². The van der Waals surface area contributed by atoms with Crippen molar-refractivity contribution in [3.8, 4) is 5.75 Å². The molecule has 0 bridgehead atoms. The fourth-order valence-corrected chi connectivity index (χ4v) is 2.10. The average Bonchev–Trinajstić information content (AvgIpc) is 2.42. The van der Waals surface area contributed by atoms with Crippen molar-refractivity contribution in [1.29, 1.82) is 0 Å². The van der Waals surface area contributed by atoms with Crippen LogP contribution in [0.2, 0.25) is 15.1 Å². The van der Waals surface area contributed by atoms with Gasteiger partial charge in [0.05, 0.1) is 10.7 Å². The highest BCUT2D eigenvalue weighted by molar-refractivity contribution is 6.43. The van der Waals surface area contributed by atoms with Crippen LogP contribution >= 0.6 is 34.8 Å². The molecule has 0 unspecified atom stereocenters. The van der Waals surface area contributed by atoms with Crippen LogP contribution in [0.15, 0.2) is 36.4 Å². The van der Waals surface area contributed by atoms with Gasteiger partial charge in [-0.1, -0.05) is 46.9 Å². The Labute approximate surface area is 127 Å². The van der Waals surface area contributed by atoms with Gasteiger partial charge in [-0.05, 0) is 29.8 Å². The Morgan fingerprint density at radius 2 is 1.68 bits per heavy atom. The van der Waals surface area contributed by atoms with Crippen LogP contribution in [0.4, 0.5) is 5.69 Å². The lowest BCUT2D eigenvalue weighted by Gasteiger charge is -2.13. The molecule has 1 N–H and O–H groups in total. The highest BCUT2D eigenvalue weighted by Gasteiger charge is 2.11. The minimum absolute atomic E-state index is 0.395. The van der Waals surface area contributed by atoms with Gasteiger partial charge in [0.2, 0.25) is 0 Å². The van der Waals surface area contributed by atoms with E-state index in [1.807, 2.05) is 30.3 Å². The minimum atomic E-state index is 0.395. The van der Waals surface area contributed by atoms with Gasteiger partial charge >= 0.3 is 0 Å². The van der Waals surface area contributed by atoms with Gasteiger partial charge in [-0.25, -0.2) is 0 Å². The number of benzene rings is 2. The molecule has 0 saturated heterocycles. The summed E-state index contributed by atoms with van der Waals surface area (Å²) in [6.45, 7) is 0.395. The van der Waals surface area contributed by atoms with Crippen LogP contribution in [0.3, 0.4) is 0 Å². The zero-order valence-electron chi connectivity index (χ0n) is 10.2. The smallest absolute Gasteiger partial charge is 0.162 e. The number of hydrogen-bond acceptors (Lipinski definition) is 2. The quantitative estimate of drug-likeness (QED) is 0.830. The van der Waals surface area contributed by atoms with Gasteiger partial charge in [0.25, 0.3) is 0 Å².